The second-order valence-electron chi connectivity index (χ2n) is 15.7. The van der Waals surface area contributed by atoms with Crippen LogP contribution < -0.4 is 4.74 Å². The molecule has 0 aliphatic rings. The highest BCUT2D eigenvalue weighted by Crippen LogP contribution is 2.41. The van der Waals surface area contributed by atoms with Gasteiger partial charge in [0.2, 0.25) is 0 Å². The van der Waals surface area contributed by atoms with Crippen LogP contribution in [0.25, 0.3) is 0 Å². The standard InChI is InChI=1S/C42H72O8SSi/c1-31(27-37(46-9)29-48-28-35-22-24-36(45-8)25-23-35)19-20-32(2)38(47-10)26-21-33(3)41(50-52(12,13)42(5,6)7)34(4)39(49-30-51-11)17-15-14-16-18-40(43)44/h14-16,18,20,22-25,31,33-34,37-39,41H,17,19,21,26-30H2,1-13H3,(H,43,44)/b15-14+,18-16+,32-20+/t31-,33-,34-,37-,38+,39-,41-/m1/s1. The maximum atomic E-state index is 10.9. The van der Waals surface area contributed by atoms with Crippen LogP contribution in [-0.4, -0.2) is 83.9 Å². The first-order valence-corrected chi connectivity index (χ1v) is 23.1. The van der Waals surface area contributed by atoms with Crippen LogP contribution in [0, 0.1) is 17.8 Å². The van der Waals surface area contributed by atoms with Crippen molar-refractivity contribution in [2.75, 3.05) is 40.1 Å². The summed E-state index contributed by atoms with van der Waals surface area (Å²) in [5.41, 5.74) is 2.36. The third kappa shape index (κ3) is 18.4. The summed E-state index contributed by atoms with van der Waals surface area (Å²) in [6.07, 6.45) is 15.2. The average Bonchev–Trinajstić information content (AvgIpc) is 3.09. The predicted octanol–water partition coefficient (Wildman–Crippen LogP) is 10.3. The molecule has 0 fully saturated rings. The van der Waals surface area contributed by atoms with Gasteiger partial charge in [0.05, 0.1) is 50.7 Å². The summed E-state index contributed by atoms with van der Waals surface area (Å²) in [6, 6.07) is 7.94. The zero-order chi connectivity index (χ0) is 39.3. The molecule has 0 saturated carbocycles. The van der Waals surface area contributed by atoms with Crippen molar-refractivity contribution in [3.05, 3.63) is 65.8 Å². The van der Waals surface area contributed by atoms with Gasteiger partial charge in [-0.15, -0.1) is 11.8 Å². The first-order valence-electron chi connectivity index (χ1n) is 18.8. The summed E-state index contributed by atoms with van der Waals surface area (Å²) in [7, 11) is 3.13. The lowest BCUT2D eigenvalue weighted by atomic mass is 9.84. The van der Waals surface area contributed by atoms with Gasteiger partial charge in [-0.25, -0.2) is 4.79 Å². The second-order valence-corrected chi connectivity index (χ2v) is 21.3. The van der Waals surface area contributed by atoms with Gasteiger partial charge in [0, 0.05) is 26.2 Å². The molecule has 8 nitrogen and oxygen atoms in total. The number of ether oxygens (including phenoxy) is 5. The minimum atomic E-state index is -2.11. The normalized spacial score (nSPS) is 17.2. The molecule has 0 unspecified atom stereocenters. The van der Waals surface area contributed by atoms with E-state index in [0.29, 0.717) is 31.5 Å². The van der Waals surface area contributed by atoms with Crippen molar-refractivity contribution in [1.82, 2.24) is 0 Å². The highest BCUT2D eigenvalue weighted by Gasteiger charge is 2.42. The van der Waals surface area contributed by atoms with E-state index in [1.165, 1.54) is 5.57 Å². The minimum Gasteiger partial charge on any atom is -0.497 e. The van der Waals surface area contributed by atoms with Gasteiger partial charge in [-0.3, -0.25) is 0 Å². The summed E-state index contributed by atoms with van der Waals surface area (Å²) in [5, 5.41) is 9.02. The number of aliphatic carboxylic acids is 1. The molecule has 1 N–H and O–H groups in total. The fourth-order valence-electron chi connectivity index (χ4n) is 5.93. The lowest BCUT2D eigenvalue weighted by molar-refractivity contribution is -0.131. The van der Waals surface area contributed by atoms with E-state index in [1.807, 2.05) is 36.6 Å². The van der Waals surface area contributed by atoms with Crippen LogP contribution in [0.2, 0.25) is 18.1 Å². The number of benzene rings is 1. The van der Waals surface area contributed by atoms with E-state index in [9.17, 15) is 4.79 Å². The number of hydrogen-bond acceptors (Lipinski definition) is 8. The Hall–Kier alpha value is -1.92. The van der Waals surface area contributed by atoms with Gasteiger partial charge in [0.25, 0.3) is 0 Å². The Bertz CT molecular complexity index is 1210. The molecule has 0 bridgehead atoms. The molecule has 0 amide bonds. The number of methoxy groups -OCH3 is 3. The van der Waals surface area contributed by atoms with Crippen molar-refractivity contribution in [2.24, 2.45) is 17.8 Å². The number of carbonyl (C=O) groups is 1. The van der Waals surface area contributed by atoms with Gasteiger partial charge in [-0.05, 0) is 98.5 Å². The van der Waals surface area contributed by atoms with Gasteiger partial charge >= 0.3 is 5.97 Å². The van der Waals surface area contributed by atoms with Gasteiger partial charge in [0.15, 0.2) is 8.32 Å². The number of carboxylic acid groups (broad SMARTS) is 1. The molecule has 52 heavy (non-hydrogen) atoms. The molecule has 7 atom stereocenters. The number of rotatable bonds is 27. The van der Waals surface area contributed by atoms with Crippen molar-refractivity contribution in [3.63, 3.8) is 0 Å². The fourth-order valence-corrected chi connectivity index (χ4v) is 7.72. The fraction of sp³-hybridized carbons (Fsp3) is 0.690. The Balaban J connectivity index is 2.95. The Kier molecular flexibility index (Phi) is 23.3. The zero-order valence-electron chi connectivity index (χ0n) is 34.6. The molecule has 10 heteroatoms. The molecule has 0 spiro atoms. The number of allylic oxidation sites excluding steroid dienone is 3. The molecular weight excluding hydrogens is 693 g/mol. The van der Waals surface area contributed by atoms with Crippen LogP contribution in [0.5, 0.6) is 5.75 Å². The van der Waals surface area contributed by atoms with Gasteiger partial charge in [0.1, 0.15) is 5.75 Å². The van der Waals surface area contributed by atoms with Crippen LogP contribution in [0.1, 0.15) is 86.1 Å². The monoisotopic (exact) mass is 764 g/mol. The van der Waals surface area contributed by atoms with E-state index < -0.39 is 14.3 Å². The first kappa shape index (κ1) is 48.1. The van der Waals surface area contributed by atoms with E-state index >= 15 is 0 Å². The molecule has 0 saturated heterocycles. The third-order valence-electron chi connectivity index (χ3n) is 10.4. The molecule has 0 radical (unpaired) electrons. The smallest absolute Gasteiger partial charge is 0.328 e. The average molecular weight is 765 g/mol. The van der Waals surface area contributed by atoms with Crippen LogP contribution in [0.3, 0.4) is 0 Å². The maximum Gasteiger partial charge on any atom is 0.328 e. The number of carboxylic acids is 1. The van der Waals surface area contributed by atoms with Gasteiger partial charge in [-0.2, -0.15) is 0 Å². The van der Waals surface area contributed by atoms with Crippen LogP contribution in [-0.2, 0) is 34.8 Å². The van der Waals surface area contributed by atoms with E-state index in [4.69, 9.17) is 33.2 Å². The Morgan fingerprint density at radius 3 is 2.21 bits per heavy atom. The van der Waals surface area contributed by atoms with E-state index in [-0.39, 0.29) is 41.3 Å². The highest BCUT2D eigenvalue weighted by molar-refractivity contribution is 7.98. The first-order chi connectivity index (χ1) is 24.5. The molecule has 0 aliphatic heterocycles. The molecule has 0 heterocycles. The van der Waals surface area contributed by atoms with Gasteiger partial charge in [-0.1, -0.05) is 78.0 Å². The molecule has 1 aromatic rings. The van der Waals surface area contributed by atoms with Crippen LogP contribution >= 0.6 is 11.8 Å². The van der Waals surface area contributed by atoms with E-state index in [2.05, 4.69) is 67.6 Å². The molecule has 1 rings (SSSR count). The molecule has 1 aromatic carbocycles. The van der Waals surface area contributed by atoms with Crippen molar-refractivity contribution >= 4 is 26.0 Å². The van der Waals surface area contributed by atoms with E-state index in [0.717, 1.165) is 43.1 Å². The molecule has 0 aliphatic carbocycles. The number of thioether (sulfide) groups is 1. The molecular formula is C42H72O8SSi. The minimum absolute atomic E-state index is 0.00422. The third-order valence-corrected chi connectivity index (χ3v) is 15.3. The summed E-state index contributed by atoms with van der Waals surface area (Å²) >= 11 is 1.66. The highest BCUT2D eigenvalue weighted by atomic mass is 32.2. The van der Waals surface area contributed by atoms with Crippen molar-refractivity contribution in [2.45, 2.75) is 130 Å². The summed E-state index contributed by atoms with van der Waals surface area (Å²) in [5.74, 6) is 1.29. The SMILES string of the molecule is COc1ccc(COC[C@@H](C[C@H](C)C/C=C(\C)[C@H](CC[C@@H](C)[C@@H](O[Si](C)(C)C(C)(C)C)[C@H](C)[C@@H](C/C=C/C=C/C(=O)O)OCSC)OC)OC)cc1. The topological polar surface area (TPSA) is 92.7 Å². The van der Waals surface area contributed by atoms with Crippen molar-refractivity contribution in [3.8, 4) is 5.75 Å². The lowest BCUT2D eigenvalue weighted by Crippen LogP contribution is -2.49. The molecule has 0 aromatic heterocycles. The quantitative estimate of drug-likeness (QED) is 0.0309. The van der Waals surface area contributed by atoms with Crippen LogP contribution in [0.4, 0.5) is 0 Å². The maximum absolute atomic E-state index is 10.9. The van der Waals surface area contributed by atoms with Gasteiger partial charge < -0.3 is 33.2 Å². The van der Waals surface area contributed by atoms with Crippen LogP contribution in [0.15, 0.2) is 60.2 Å². The summed E-state index contributed by atoms with van der Waals surface area (Å²) in [4.78, 5) is 10.9. The van der Waals surface area contributed by atoms with E-state index in [1.54, 1.807) is 45.2 Å². The van der Waals surface area contributed by atoms with Crippen molar-refractivity contribution < 1.29 is 38.0 Å². The summed E-state index contributed by atoms with van der Waals surface area (Å²) < 4.78 is 36.7. The Morgan fingerprint density at radius 1 is 0.981 bits per heavy atom. The second kappa shape index (κ2) is 25.2. The Morgan fingerprint density at radius 2 is 1.65 bits per heavy atom. The lowest BCUT2D eigenvalue weighted by Gasteiger charge is -2.44. The summed E-state index contributed by atoms with van der Waals surface area (Å²) in [6.45, 7) is 21.6. The van der Waals surface area contributed by atoms with Crippen molar-refractivity contribution in [1.29, 1.82) is 0 Å². The molecule has 298 valence electrons. The predicted molar refractivity (Wildman–Crippen MR) is 220 cm³/mol. The Labute approximate surface area is 322 Å². The zero-order valence-corrected chi connectivity index (χ0v) is 36.4. The largest absolute Gasteiger partial charge is 0.497 e. The number of hydrogen-bond donors (Lipinski definition) is 1.